The maximum absolute atomic E-state index is 12.7. The van der Waals surface area contributed by atoms with Crippen LogP contribution >= 0.6 is 23.2 Å². The summed E-state index contributed by atoms with van der Waals surface area (Å²) in [6.07, 6.45) is 2.64. The van der Waals surface area contributed by atoms with Crippen LogP contribution in [0.15, 0.2) is 48.5 Å². The molecule has 0 aliphatic carbocycles. The second-order valence-electron chi connectivity index (χ2n) is 7.49. The van der Waals surface area contributed by atoms with Crippen molar-refractivity contribution in [3.63, 3.8) is 0 Å². The SMILES string of the molecule is CN1C(=O)C(=O)C(C(=O)NCCCc2ccc(Cl)c(Cl)c2)C1CCc1ccccc1. The van der Waals surface area contributed by atoms with Gasteiger partial charge in [-0.2, -0.15) is 0 Å². The van der Waals surface area contributed by atoms with Crippen LogP contribution in [-0.4, -0.2) is 42.1 Å². The van der Waals surface area contributed by atoms with Gasteiger partial charge in [-0.15, -0.1) is 0 Å². The van der Waals surface area contributed by atoms with Gasteiger partial charge >= 0.3 is 0 Å². The van der Waals surface area contributed by atoms with Crippen LogP contribution in [0.5, 0.6) is 0 Å². The molecule has 2 unspecified atom stereocenters. The molecule has 0 aromatic heterocycles. The molecular weight excluding hydrogens is 423 g/mol. The summed E-state index contributed by atoms with van der Waals surface area (Å²) in [6, 6.07) is 14.8. The molecule has 3 rings (SSSR count). The number of hydrogen-bond acceptors (Lipinski definition) is 3. The van der Waals surface area contributed by atoms with Crippen LogP contribution < -0.4 is 5.32 Å². The lowest BCUT2D eigenvalue weighted by atomic mass is 9.93. The van der Waals surface area contributed by atoms with Crippen molar-refractivity contribution in [2.24, 2.45) is 5.92 Å². The molecule has 1 aliphatic rings. The van der Waals surface area contributed by atoms with E-state index in [9.17, 15) is 14.4 Å². The van der Waals surface area contributed by atoms with E-state index in [0.29, 0.717) is 42.3 Å². The molecule has 158 valence electrons. The minimum atomic E-state index is -0.962. The number of carbonyl (C=O) groups is 3. The molecule has 0 radical (unpaired) electrons. The van der Waals surface area contributed by atoms with Crippen LogP contribution in [0.4, 0.5) is 0 Å². The number of amides is 2. The van der Waals surface area contributed by atoms with Gasteiger partial charge in [0.25, 0.3) is 5.91 Å². The van der Waals surface area contributed by atoms with Crippen molar-refractivity contribution in [3.8, 4) is 0 Å². The summed E-state index contributed by atoms with van der Waals surface area (Å²) in [5, 5.41) is 3.82. The average Bonchev–Trinajstić information content (AvgIpc) is 2.96. The quantitative estimate of drug-likeness (QED) is 0.381. The molecule has 1 saturated heterocycles. The van der Waals surface area contributed by atoms with E-state index in [2.05, 4.69) is 5.32 Å². The molecule has 30 heavy (non-hydrogen) atoms. The Morgan fingerprint density at radius 2 is 1.73 bits per heavy atom. The Balaban J connectivity index is 1.55. The highest BCUT2D eigenvalue weighted by Crippen LogP contribution is 2.26. The van der Waals surface area contributed by atoms with Gasteiger partial charge in [0.15, 0.2) is 0 Å². The molecule has 2 amide bonds. The number of likely N-dealkylation sites (tertiary alicyclic amines) is 1. The Bertz CT molecular complexity index is 933. The van der Waals surface area contributed by atoms with Gasteiger partial charge in [-0.3, -0.25) is 14.4 Å². The number of nitrogens with one attached hydrogen (secondary N) is 1. The smallest absolute Gasteiger partial charge is 0.290 e. The number of likely N-dealkylation sites (N-methyl/N-ethyl adjacent to an activating group) is 1. The fraction of sp³-hybridized carbons (Fsp3) is 0.348. The fourth-order valence-electron chi connectivity index (χ4n) is 3.78. The average molecular weight is 447 g/mol. The maximum Gasteiger partial charge on any atom is 0.290 e. The van der Waals surface area contributed by atoms with Crippen LogP contribution in [0.3, 0.4) is 0 Å². The third kappa shape index (κ3) is 5.21. The van der Waals surface area contributed by atoms with Gasteiger partial charge in [0.1, 0.15) is 5.92 Å². The summed E-state index contributed by atoms with van der Waals surface area (Å²) in [5.74, 6) is -2.57. The number of halogens is 2. The van der Waals surface area contributed by atoms with Gasteiger partial charge in [-0.05, 0) is 48.9 Å². The van der Waals surface area contributed by atoms with Crippen molar-refractivity contribution in [1.82, 2.24) is 10.2 Å². The number of ketones is 1. The Labute approximate surface area is 186 Å². The molecule has 5 nitrogen and oxygen atoms in total. The fourth-order valence-corrected chi connectivity index (χ4v) is 4.10. The molecular formula is C23H24Cl2N2O3. The molecule has 2 aromatic rings. The van der Waals surface area contributed by atoms with E-state index in [1.807, 2.05) is 36.4 Å². The zero-order valence-corrected chi connectivity index (χ0v) is 18.2. The van der Waals surface area contributed by atoms with Crippen LogP contribution in [0, 0.1) is 5.92 Å². The van der Waals surface area contributed by atoms with Gasteiger partial charge < -0.3 is 10.2 Å². The summed E-state index contributed by atoms with van der Waals surface area (Å²) in [5.41, 5.74) is 2.13. The lowest BCUT2D eigenvalue weighted by Crippen LogP contribution is -2.41. The Morgan fingerprint density at radius 1 is 1.00 bits per heavy atom. The molecule has 2 aromatic carbocycles. The summed E-state index contributed by atoms with van der Waals surface area (Å²) < 4.78 is 0. The van der Waals surface area contributed by atoms with E-state index in [1.54, 1.807) is 19.2 Å². The normalized spacial score (nSPS) is 18.7. The predicted octanol–water partition coefficient (Wildman–Crippen LogP) is 3.70. The van der Waals surface area contributed by atoms with E-state index in [-0.39, 0.29) is 5.91 Å². The lowest BCUT2D eigenvalue weighted by Gasteiger charge is -2.23. The largest absolute Gasteiger partial charge is 0.355 e. The lowest BCUT2D eigenvalue weighted by molar-refractivity contribution is -0.142. The minimum absolute atomic E-state index is 0.384. The highest BCUT2D eigenvalue weighted by atomic mass is 35.5. The van der Waals surface area contributed by atoms with Gasteiger partial charge in [-0.1, -0.05) is 59.6 Å². The molecule has 0 spiro atoms. The molecule has 2 atom stereocenters. The Hall–Kier alpha value is -2.37. The molecule has 1 aliphatic heterocycles. The number of hydrogen-bond donors (Lipinski definition) is 1. The van der Waals surface area contributed by atoms with E-state index < -0.39 is 23.7 Å². The second kappa shape index (κ2) is 10.1. The standard InChI is InChI=1S/C23H24Cl2N2O3/c1-27-19(12-10-15-6-3-2-4-7-15)20(21(28)23(27)30)22(29)26-13-5-8-16-9-11-17(24)18(25)14-16/h2-4,6-7,9,11,14,19-20H,5,8,10,12-13H2,1H3,(H,26,29). The molecule has 1 fully saturated rings. The van der Waals surface area contributed by atoms with Gasteiger partial charge in [0.05, 0.1) is 16.1 Å². The van der Waals surface area contributed by atoms with Crippen LogP contribution in [-0.2, 0) is 27.2 Å². The number of benzene rings is 2. The van der Waals surface area contributed by atoms with Gasteiger partial charge in [-0.25, -0.2) is 0 Å². The van der Waals surface area contributed by atoms with Crippen LogP contribution in [0.2, 0.25) is 10.0 Å². The third-order valence-corrected chi connectivity index (χ3v) is 6.21. The molecule has 1 heterocycles. The predicted molar refractivity (Wildman–Crippen MR) is 118 cm³/mol. The Kier molecular flexibility index (Phi) is 7.51. The number of aryl methyl sites for hydroxylation is 2. The van der Waals surface area contributed by atoms with Crippen molar-refractivity contribution in [2.45, 2.75) is 31.7 Å². The van der Waals surface area contributed by atoms with Crippen molar-refractivity contribution < 1.29 is 14.4 Å². The molecule has 1 N–H and O–H groups in total. The van der Waals surface area contributed by atoms with Crippen LogP contribution in [0.1, 0.15) is 24.0 Å². The summed E-state index contributed by atoms with van der Waals surface area (Å²) in [4.78, 5) is 38.7. The van der Waals surface area contributed by atoms with Gasteiger partial charge in [0, 0.05) is 13.6 Å². The minimum Gasteiger partial charge on any atom is -0.355 e. The monoisotopic (exact) mass is 446 g/mol. The first-order valence-electron chi connectivity index (χ1n) is 9.95. The first-order chi connectivity index (χ1) is 14.4. The number of Topliss-reactive ketones (excluding diaryl/α,β-unsaturated/α-hetero) is 1. The maximum atomic E-state index is 12.7. The van der Waals surface area contributed by atoms with Crippen LogP contribution in [0.25, 0.3) is 0 Å². The van der Waals surface area contributed by atoms with E-state index in [0.717, 1.165) is 11.1 Å². The van der Waals surface area contributed by atoms with E-state index in [4.69, 9.17) is 23.2 Å². The number of rotatable bonds is 8. The molecule has 0 saturated carbocycles. The van der Waals surface area contributed by atoms with E-state index >= 15 is 0 Å². The first kappa shape index (κ1) is 22.3. The molecule has 0 bridgehead atoms. The second-order valence-corrected chi connectivity index (χ2v) is 8.31. The highest BCUT2D eigenvalue weighted by Gasteiger charge is 2.48. The number of carbonyl (C=O) groups excluding carboxylic acids is 3. The summed E-state index contributed by atoms with van der Waals surface area (Å²) in [7, 11) is 1.59. The molecule has 7 heteroatoms. The Morgan fingerprint density at radius 3 is 2.43 bits per heavy atom. The third-order valence-electron chi connectivity index (χ3n) is 5.48. The highest BCUT2D eigenvalue weighted by molar-refractivity contribution is 6.43. The van der Waals surface area contributed by atoms with Crippen molar-refractivity contribution in [3.05, 3.63) is 69.7 Å². The first-order valence-corrected chi connectivity index (χ1v) is 10.7. The number of nitrogens with zero attached hydrogens (tertiary/aromatic N) is 1. The topological polar surface area (TPSA) is 66.5 Å². The zero-order chi connectivity index (χ0) is 21.7. The zero-order valence-electron chi connectivity index (χ0n) is 16.7. The summed E-state index contributed by atoms with van der Waals surface area (Å²) in [6.45, 7) is 0.409. The van der Waals surface area contributed by atoms with Crippen molar-refractivity contribution in [2.75, 3.05) is 13.6 Å². The van der Waals surface area contributed by atoms with E-state index in [1.165, 1.54) is 4.90 Å². The van der Waals surface area contributed by atoms with Crippen molar-refractivity contribution >= 4 is 40.8 Å². The van der Waals surface area contributed by atoms with Gasteiger partial charge in [0.2, 0.25) is 11.7 Å². The summed E-state index contributed by atoms with van der Waals surface area (Å²) >= 11 is 11.9. The van der Waals surface area contributed by atoms with Crippen molar-refractivity contribution in [1.29, 1.82) is 0 Å².